The van der Waals surface area contributed by atoms with E-state index in [0.29, 0.717) is 0 Å². The Morgan fingerprint density at radius 1 is 1.71 bits per heavy atom. The van der Waals surface area contributed by atoms with E-state index in [1.807, 2.05) is 0 Å². The summed E-state index contributed by atoms with van der Waals surface area (Å²) < 4.78 is 1.02. The number of carboxylic acids is 1. The zero-order chi connectivity index (χ0) is 10.7. The van der Waals surface area contributed by atoms with E-state index < -0.39 is 22.3 Å². The topological polar surface area (TPSA) is 118 Å². The number of nitro groups is 1. The van der Waals surface area contributed by atoms with Gasteiger partial charge in [0.2, 0.25) is 5.69 Å². The summed E-state index contributed by atoms with van der Waals surface area (Å²) in [5.74, 6) is -1.46. The molecule has 0 fully saturated rings. The molecule has 0 spiro atoms. The summed E-state index contributed by atoms with van der Waals surface area (Å²) in [6.07, 6.45) is 0.972. The monoisotopic (exact) mass is 201 g/mol. The average molecular weight is 201 g/mol. The Labute approximate surface area is 77.5 Å². The molecular formula is C6H7N3O5. The van der Waals surface area contributed by atoms with Crippen LogP contribution in [0.15, 0.2) is 6.20 Å². The highest BCUT2D eigenvalue weighted by Crippen LogP contribution is 2.16. The summed E-state index contributed by atoms with van der Waals surface area (Å²) in [4.78, 5) is 20.0. The van der Waals surface area contributed by atoms with E-state index in [1.54, 1.807) is 0 Å². The first-order valence-electron chi connectivity index (χ1n) is 3.62. The summed E-state index contributed by atoms with van der Waals surface area (Å²) in [5.41, 5.74) is -1.20. The molecule has 1 aromatic heterocycles. The molecule has 1 aromatic rings. The number of hydrogen-bond donors (Lipinski definition) is 2. The lowest BCUT2D eigenvalue weighted by atomic mass is 10.4. The molecule has 2 N–H and O–H groups in total. The van der Waals surface area contributed by atoms with Crippen LogP contribution >= 0.6 is 0 Å². The normalized spacial score (nSPS) is 10.1. The Hall–Kier alpha value is -1.96. The molecule has 0 aliphatic heterocycles. The van der Waals surface area contributed by atoms with Gasteiger partial charge in [0.25, 0.3) is 0 Å². The molecule has 14 heavy (non-hydrogen) atoms. The molecule has 1 rings (SSSR count). The molecule has 0 radical (unpaired) electrons. The van der Waals surface area contributed by atoms with E-state index in [-0.39, 0.29) is 13.2 Å². The van der Waals surface area contributed by atoms with Crippen LogP contribution in [0.5, 0.6) is 0 Å². The predicted octanol–water partition coefficient (Wildman–Crippen LogP) is -0.518. The van der Waals surface area contributed by atoms with Crippen molar-refractivity contribution in [2.75, 3.05) is 6.61 Å². The second kappa shape index (κ2) is 3.83. The van der Waals surface area contributed by atoms with Crippen LogP contribution in [0.25, 0.3) is 0 Å². The lowest BCUT2D eigenvalue weighted by Gasteiger charge is -1.92. The molecule has 1 heterocycles. The molecular weight excluding hydrogens is 194 g/mol. The highest BCUT2D eigenvalue weighted by molar-refractivity contribution is 5.89. The number of aromatic nitrogens is 2. The first kappa shape index (κ1) is 10.1. The van der Waals surface area contributed by atoms with Crippen molar-refractivity contribution in [3.05, 3.63) is 22.0 Å². The second-order valence-electron chi connectivity index (χ2n) is 2.41. The van der Waals surface area contributed by atoms with E-state index in [2.05, 4.69) is 5.10 Å². The smallest absolute Gasteiger partial charge is 0.363 e. The quantitative estimate of drug-likeness (QED) is 0.499. The zero-order valence-corrected chi connectivity index (χ0v) is 6.95. The van der Waals surface area contributed by atoms with Crippen LogP contribution in [0.1, 0.15) is 10.5 Å². The van der Waals surface area contributed by atoms with Crippen molar-refractivity contribution < 1.29 is 19.9 Å². The molecule has 8 nitrogen and oxygen atoms in total. The van der Waals surface area contributed by atoms with Gasteiger partial charge >= 0.3 is 11.7 Å². The summed E-state index contributed by atoms with van der Waals surface area (Å²) in [6.45, 7) is -0.244. The van der Waals surface area contributed by atoms with Crippen LogP contribution in [-0.4, -0.2) is 37.5 Å². The van der Waals surface area contributed by atoms with Gasteiger partial charge in [0, 0.05) is 0 Å². The number of carbonyl (C=O) groups is 1. The van der Waals surface area contributed by atoms with Crippen molar-refractivity contribution in [2.45, 2.75) is 6.54 Å². The van der Waals surface area contributed by atoms with Crippen molar-refractivity contribution in [3.8, 4) is 0 Å². The third kappa shape index (κ3) is 1.85. The molecule has 0 aliphatic carbocycles. The first-order valence-corrected chi connectivity index (χ1v) is 3.62. The molecule has 0 amide bonds. The first-order chi connectivity index (χ1) is 6.56. The lowest BCUT2D eigenvalue weighted by molar-refractivity contribution is -0.385. The van der Waals surface area contributed by atoms with Gasteiger partial charge in [-0.15, -0.1) is 0 Å². The predicted molar refractivity (Wildman–Crippen MR) is 42.9 cm³/mol. The SMILES string of the molecule is O=C(O)c1nn(CCO)cc1[N+](=O)[O-]. The van der Waals surface area contributed by atoms with Crippen molar-refractivity contribution in [1.82, 2.24) is 9.78 Å². The maximum Gasteiger partial charge on any atom is 0.363 e. The minimum absolute atomic E-state index is 0.0219. The minimum Gasteiger partial charge on any atom is -0.476 e. The van der Waals surface area contributed by atoms with Crippen molar-refractivity contribution in [1.29, 1.82) is 0 Å². The largest absolute Gasteiger partial charge is 0.476 e. The maximum atomic E-state index is 10.5. The maximum absolute atomic E-state index is 10.5. The Bertz CT molecular complexity index is 340. The van der Waals surface area contributed by atoms with Gasteiger partial charge in [-0.2, -0.15) is 5.10 Å². The Morgan fingerprint density at radius 3 is 2.71 bits per heavy atom. The number of aliphatic hydroxyl groups is 1. The fourth-order valence-corrected chi connectivity index (χ4v) is 0.914. The van der Waals surface area contributed by atoms with Gasteiger partial charge in [-0.1, -0.05) is 0 Å². The number of aliphatic hydroxyl groups excluding tert-OH is 1. The van der Waals surface area contributed by atoms with E-state index >= 15 is 0 Å². The Kier molecular flexibility index (Phi) is 2.77. The molecule has 0 saturated carbocycles. The second-order valence-corrected chi connectivity index (χ2v) is 2.41. The molecule has 0 aliphatic rings. The Morgan fingerprint density at radius 2 is 2.36 bits per heavy atom. The van der Waals surface area contributed by atoms with Gasteiger partial charge in [0.1, 0.15) is 6.20 Å². The lowest BCUT2D eigenvalue weighted by Crippen LogP contribution is -2.05. The van der Waals surface area contributed by atoms with Gasteiger partial charge in [-0.3, -0.25) is 14.8 Å². The number of nitrogens with zero attached hydrogens (tertiary/aromatic N) is 3. The zero-order valence-electron chi connectivity index (χ0n) is 6.95. The van der Waals surface area contributed by atoms with E-state index in [0.717, 1.165) is 10.9 Å². The minimum atomic E-state index is -1.46. The highest BCUT2D eigenvalue weighted by atomic mass is 16.6. The van der Waals surface area contributed by atoms with Crippen LogP contribution in [0.4, 0.5) is 5.69 Å². The van der Waals surface area contributed by atoms with E-state index in [1.165, 1.54) is 0 Å². The summed E-state index contributed by atoms with van der Waals surface area (Å²) >= 11 is 0. The van der Waals surface area contributed by atoms with Crippen LogP contribution in [0, 0.1) is 10.1 Å². The Balaban J connectivity index is 3.12. The van der Waals surface area contributed by atoms with E-state index in [4.69, 9.17) is 10.2 Å². The number of rotatable bonds is 4. The molecule has 8 heteroatoms. The third-order valence-electron chi connectivity index (χ3n) is 1.47. The fourth-order valence-electron chi connectivity index (χ4n) is 0.914. The summed E-state index contributed by atoms with van der Waals surface area (Å²) in [7, 11) is 0. The van der Waals surface area contributed by atoms with Crippen molar-refractivity contribution >= 4 is 11.7 Å². The van der Waals surface area contributed by atoms with Crippen molar-refractivity contribution in [3.63, 3.8) is 0 Å². The number of carboxylic acid groups (broad SMARTS) is 1. The van der Waals surface area contributed by atoms with Gasteiger partial charge in [0.15, 0.2) is 0 Å². The van der Waals surface area contributed by atoms with Crippen LogP contribution in [0.3, 0.4) is 0 Å². The number of aromatic carboxylic acids is 1. The standard InChI is InChI=1S/C6H7N3O5/c10-2-1-8-3-4(9(13)14)5(7-8)6(11)12/h3,10H,1-2H2,(H,11,12). The summed E-state index contributed by atoms with van der Waals surface area (Å²) in [6, 6.07) is 0. The fraction of sp³-hybridized carbons (Fsp3) is 0.333. The molecule has 76 valence electrons. The van der Waals surface area contributed by atoms with E-state index in [9.17, 15) is 14.9 Å². The van der Waals surface area contributed by atoms with Gasteiger partial charge in [-0.25, -0.2) is 4.79 Å². The third-order valence-corrected chi connectivity index (χ3v) is 1.47. The van der Waals surface area contributed by atoms with Crippen LogP contribution < -0.4 is 0 Å². The van der Waals surface area contributed by atoms with Gasteiger partial charge < -0.3 is 10.2 Å². The average Bonchev–Trinajstić information content (AvgIpc) is 2.49. The highest BCUT2D eigenvalue weighted by Gasteiger charge is 2.24. The van der Waals surface area contributed by atoms with Gasteiger partial charge in [0.05, 0.1) is 18.1 Å². The number of hydrogen-bond acceptors (Lipinski definition) is 5. The molecule has 0 atom stereocenters. The molecule has 0 saturated heterocycles. The summed E-state index contributed by atoms with van der Waals surface area (Å²) in [5, 5.41) is 30.9. The van der Waals surface area contributed by atoms with Crippen LogP contribution in [-0.2, 0) is 6.54 Å². The van der Waals surface area contributed by atoms with Crippen LogP contribution in [0.2, 0.25) is 0 Å². The molecule has 0 unspecified atom stereocenters. The molecule has 0 bridgehead atoms. The van der Waals surface area contributed by atoms with Crippen molar-refractivity contribution in [2.24, 2.45) is 0 Å². The van der Waals surface area contributed by atoms with Gasteiger partial charge in [-0.05, 0) is 0 Å². The molecule has 0 aromatic carbocycles.